The van der Waals surface area contributed by atoms with Crippen LogP contribution in [0.3, 0.4) is 0 Å². The molecule has 4 nitrogen and oxygen atoms in total. The van der Waals surface area contributed by atoms with Crippen molar-refractivity contribution >= 4 is 22.2 Å². The molecular formula is C14H12F3N3OS. The van der Waals surface area contributed by atoms with Gasteiger partial charge in [0.2, 0.25) is 5.13 Å². The number of hydrogen-bond acceptors (Lipinski definition) is 5. The molecule has 1 aromatic heterocycles. The molecule has 1 aliphatic rings. The van der Waals surface area contributed by atoms with E-state index in [1.807, 2.05) is 30.3 Å². The van der Waals surface area contributed by atoms with Crippen LogP contribution in [-0.2, 0) is 0 Å². The number of benzene rings is 1. The molecule has 3 rings (SSSR count). The zero-order chi connectivity index (χ0) is 16.0. The summed E-state index contributed by atoms with van der Waals surface area (Å²) in [6, 6.07) is 9.10. The summed E-state index contributed by atoms with van der Waals surface area (Å²) in [5, 5.41) is 16.1. The highest BCUT2D eigenvalue weighted by molar-refractivity contribution is 7.14. The number of aliphatic hydroxyl groups is 1. The molecule has 2 heterocycles. The maximum Gasteiger partial charge on any atom is 0.438 e. The predicted molar refractivity (Wildman–Crippen MR) is 78.8 cm³/mol. The van der Waals surface area contributed by atoms with Gasteiger partial charge in [0.05, 0.1) is 5.69 Å². The van der Waals surface area contributed by atoms with Gasteiger partial charge in [0.15, 0.2) is 0 Å². The molecule has 0 bridgehead atoms. The van der Waals surface area contributed by atoms with Gasteiger partial charge in [-0.25, -0.2) is 4.98 Å². The summed E-state index contributed by atoms with van der Waals surface area (Å²) in [7, 11) is 0. The Bertz CT molecular complexity index is 714. The van der Waals surface area contributed by atoms with Crippen molar-refractivity contribution in [1.29, 1.82) is 0 Å². The Balaban J connectivity index is 1.99. The van der Waals surface area contributed by atoms with Crippen molar-refractivity contribution in [3.8, 4) is 11.3 Å². The molecule has 0 saturated heterocycles. The Morgan fingerprint density at radius 3 is 2.59 bits per heavy atom. The fourth-order valence-corrected chi connectivity index (χ4v) is 3.09. The van der Waals surface area contributed by atoms with E-state index in [2.05, 4.69) is 10.1 Å². The fraction of sp³-hybridized carbons (Fsp3) is 0.286. The van der Waals surface area contributed by atoms with Gasteiger partial charge in [-0.1, -0.05) is 30.3 Å². The normalized spacial score (nSPS) is 22.0. The van der Waals surface area contributed by atoms with Crippen LogP contribution in [0.4, 0.5) is 18.3 Å². The third-order valence-corrected chi connectivity index (χ3v) is 4.14. The van der Waals surface area contributed by atoms with Crippen LogP contribution in [-0.4, -0.2) is 27.7 Å². The van der Waals surface area contributed by atoms with E-state index in [4.69, 9.17) is 0 Å². The Kier molecular flexibility index (Phi) is 3.45. The van der Waals surface area contributed by atoms with Gasteiger partial charge in [0.1, 0.15) is 0 Å². The Morgan fingerprint density at radius 2 is 1.95 bits per heavy atom. The molecule has 0 amide bonds. The summed E-state index contributed by atoms with van der Waals surface area (Å²) in [6.07, 6.45) is -5.41. The van der Waals surface area contributed by atoms with E-state index in [-0.39, 0.29) is 10.8 Å². The van der Waals surface area contributed by atoms with E-state index in [9.17, 15) is 18.3 Å². The lowest BCUT2D eigenvalue weighted by molar-refractivity contribution is -0.254. The lowest BCUT2D eigenvalue weighted by atomic mass is 10.1. The number of thiazole rings is 1. The maximum absolute atomic E-state index is 13.2. The van der Waals surface area contributed by atoms with Crippen molar-refractivity contribution < 1.29 is 18.3 Å². The van der Waals surface area contributed by atoms with Crippen LogP contribution >= 0.6 is 11.3 Å². The third kappa shape index (κ3) is 2.38. The van der Waals surface area contributed by atoms with Crippen LogP contribution in [0.25, 0.3) is 11.3 Å². The van der Waals surface area contributed by atoms with Gasteiger partial charge >= 0.3 is 6.18 Å². The standard InChI is InChI=1S/C14H12F3N3OS/c1-9-7-13(21,14(15,16)17)20(19-9)12-18-11(8-22-12)10-5-3-2-4-6-10/h2-6,8,21H,7H2,1H3. The summed E-state index contributed by atoms with van der Waals surface area (Å²) >= 11 is 1.01. The average Bonchev–Trinajstić information content (AvgIpc) is 3.04. The smallest absolute Gasteiger partial charge is 0.362 e. The lowest BCUT2D eigenvalue weighted by Crippen LogP contribution is -2.55. The van der Waals surface area contributed by atoms with E-state index in [1.54, 1.807) is 5.38 Å². The first kappa shape index (κ1) is 15.0. The highest BCUT2D eigenvalue weighted by Gasteiger charge is 2.62. The second kappa shape index (κ2) is 5.06. The van der Waals surface area contributed by atoms with Crippen LogP contribution in [0, 0.1) is 0 Å². The molecular weight excluding hydrogens is 315 g/mol. The average molecular weight is 327 g/mol. The minimum Gasteiger partial charge on any atom is -0.362 e. The minimum atomic E-state index is -4.83. The van der Waals surface area contributed by atoms with Crippen molar-refractivity contribution in [2.45, 2.75) is 25.2 Å². The third-order valence-electron chi connectivity index (χ3n) is 3.32. The summed E-state index contributed by atoms with van der Waals surface area (Å²) < 4.78 is 39.6. The molecule has 1 atom stereocenters. The topological polar surface area (TPSA) is 48.7 Å². The van der Waals surface area contributed by atoms with Gasteiger partial charge in [-0.05, 0) is 6.92 Å². The molecule has 1 unspecified atom stereocenters. The molecule has 2 aromatic rings. The molecule has 116 valence electrons. The van der Waals surface area contributed by atoms with Crippen molar-refractivity contribution in [1.82, 2.24) is 4.98 Å². The van der Waals surface area contributed by atoms with Crippen LogP contribution in [0.5, 0.6) is 0 Å². The maximum atomic E-state index is 13.2. The second-order valence-corrected chi connectivity index (χ2v) is 5.86. The molecule has 1 aromatic carbocycles. The first-order chi connectivity index (χ1) is 10.3. The summed E-state index contributed by atoms with van der Waals surface area (Å²) in [5.74, 6) is 0. The highest BCUT2D eigenvalue weighted by Crippen LogP contribution is 2.44. The van der Waals surface area contributed by atoms with Crippen molar-refractivity contribution in [3.05, 3.63) is 35.7 Å². The number of hydrogen-bond donors (Lipinski definition) is 1. The quantitative estimate of drug-likeness (QED) is 0.916. The first-order valence-corrected chi connectivity index (χ1v) is 7.33. The van der Waals surface area contributed by atoms with Crippen molar-refractivity contribution in [2.24, 2.45) is 5.10 Å². The number of hydrazone groups is 1. The number of aromatic nitrogens is 1. The highest BCUT2D eigenvalue weighted by atomic mass is 32.1. The molecule has 0 spiro atoms. The second-order valence-electron chi connectivity index (χ2n) is 5.02. The van der Waals surface area contributed by atoms with Gasteiger partial charge in [-0.2, -0.15) is 23.3 Å². The molecule has 0 aliphatic carbocycles. The van der Waals surface area contributed by atoms with E-state index in [1.165, 1.54) is 6.92 Å². The number of alkyl halides is 3. The zero-order valence-electron chi connectivity index (χ0n) is 11.5. The van der Waals surface area contributed by atoms with Crippen molar-refractivity contribution in [2.75, 3.05) is 5.01 Å². The van der Waals surface area contributed by atoms with Gasteiger partial charge in [0.25, 0.3) is 5.72 Å². The molecule has 0 saturated carbocycles. The molecule has 1 N–H and O–H groups in total. The Morgan fingerprint density at radius 1 is 1.27 bits per heavy atom. The van der Waals surface area contributed by atoms with Crippen molar-refractivity contribution in [3.63, 3.8) is 0 Å². The van der Waals surface area contributed by atoms with E-state index in [0.29, 0.717) is 10.7 Å². The van der Waals surface area contributed by atoms with Crippen LogP contribution in [0.2, 0.25) is 0 Å². The molecule has 0 fully saturated rings. The zero-order valence-corrected chi connectivity index (χ0v) is 12.3. The van der Waals surface area contributed by atoms with E-state index >= 15 is 0 Å². The molecule has 0 radical (unpaired) electrons. The van der Waals surface area contributed by atoms with Crippen LogP contribution < -0.4 is 5.01 Å². The fourth-order valence-electron chi connectivity index (χ4n) is 2.24. The number of nitrogens with zero attached hydrogens (tertiary/aromatic N) is 3. The monoisotopic (exact) mass is 327 g/mol. The van der Waals surface area contributed by atoms with Gasteiger partial charge in [0, 0.05) is 23.1 Å². The first-order valence-electron chi connectivity index (χ1n) is 6.45. The summed E-state index contributed by atoms with van der Waals surface area (Å²) in [6.45, 7) is 1.45. The lowest BCUT2D eigenvalue weighted by Gasteiger charge is -2.32. The molecule has 22 heavy (non-hydrogen) atoms. The Hall–Kier alpha value is -1.93. The summed E-state index contributed by atoms with van der Waals surface area (Å²) in [5.41, 5.74) is -1.50. The predicted octanol–water partition coefficient (Wildman–Crippen LogP) is 3.65. The minimum absolute atomic E-state index is 0.00975. The van der Waals surface area contributed by atoms with Crippen LogP contribution in [0.15, 0.2) is 40.8 Å². The number of rotatable bonds is 2. The van der Waals surface area contributed by atoms with Gasteiger partial charge in [-0.3, -0.25) is 0 Å². The van der Waals surface area contributed by atoms with E-state index < -0.39 is 18.3 Å². The Labute approximate surface area is 128 Å². The molecule has 8 heteroatoms. The molecule has 1 aliphatic heterocycles. The number of anilines is 1. The summed E-state index contributed by atoms with van der Waals surface area (Å²) in [4.78, 5) is 4.18. The number of halogens is 3. The van der Waals surface area contributed by atoms with Gasteiger partial charge in [-0.15, -0.1) is 11.3 Å². The van der Waals surface area contributed by atoms with Gasteiger partial charge < -0.3 is 5.11 Å². The SMILES string of the molecule is CC1=NN(c2nc(-c3ccccc3)cs2)C(O)(C(F)(F)F)C1. The largest absolute Gasteiger partial charge is 0.438 e. The van der Waals surface area contributed by atoms with E-state index in [0.717, 1.165) is 16.9 Å². The van der Waals surface area contributed by atoms with Crippen LogP contribution in [0.1, 0.15) is 13.3 Å².